The molecule has 0 atom stereocenters. The van der Waals surface area contributed by atoms with Crippen LogP contribution in [0.4, 0.5) is 0 Å². The third kappa shape index (κ3) is 4.26. The van der Waals surface area contributed by atoms with Crippen molar-refractivity contribution in [3.05, 3.63) is 69.8 Å². The number of aromatic nitrogens is 2. The molecule has 0 N–H and O–H groups in total. The molecule has 0 spiro atoms. The zero-order chi connectivity index (χ0) is 20.3. The summed E-state index contributed by atoms with van der Waals surface area (Å²) in [5.74, 6) is 2.21. The molecule has 0 aliphatic rings. The summed E-state index contributed by atoms with van der Waals surface area (Å²) in [6.07, 6.45) is 1.70. The fourth-order valence-electron chi connectivity index (χ4n) is 2.70. The molecule has 0 bridgehead atoms. The Morgan fingerprint density at radius 3 is 2.43 bits per heavy atom. The second-order valence-corrected chi connectivity index (χ2v) is 6.90. The molecule has 28 heavy (non-hydrogen) atoms. The van der Waals surface area contributed by atoms with Crippen molar-refractivity contribution in [2.24, 2.45) is 7.05 Å². The molecular formula is C21H20Cl2N2O3. The van der Waals surface area contributed by atoms with Gasteiger partial charge < -0.3 is 14.2 Å². The molecule has 1 heterocycles. The maximum absolute atomic E-state index is 6.32. The second kappa shape index (κ2) is 8.59. The maximum Gasteiger partial charge on any atom is 0.225 e. The van der Waals surface area contributed by atoms with Gasteiger partial charge >= 0.3 is 0 Å². The molecule has 3 rings (SSSR count). The molecular weight excluding hydrogens is 399 g/mol. The largest absolute Gasteiger partial charge is 0.497 e. The number of benzene rings is 2. The van der Waals surface area contributed by atoms with Gasteiger partial charge in [0.1, 0.15) is 18.1 Å². The lowest BCUT2D eigenvalue weighted by atomic mass is 10.2. The third-order valence-corrected chi connectivity index (χ3v) is 4.76. The molecule has 0 fully saturated rings. The van der Waals surface area contributed by atoms with E-state index in [1.165, 1.54) is 0 Å². The first-order valence-corrected chi connectivity index (χ1v) is 9.27. The van der Waals surface area contributed by atoms with Crippen molar-refractivity contribution in [3.8, 4) is 23.1 Å². The number of hydrogen-bond donors (Lipinski definition) is 0. The van der Waals surface area contributed by atoms with Crippen molar-refractivity contribution in [2.45, 2.75) is 13.5 Å². The Morgan fingerprint density at radius 1 is 1.11 bits per heavy atom. The van der Waals surface area contributed by atoms with Gasteiger partial charge in [-0.2, -0.15) is 5.10 Å². The molecule has 0 saturated heterocycles. The van der Waals surface area contributed by atoms with Crippen LogP contribution in [0.25, 0.3) is 6.08 Å². The first kappa shape index (κ1) is 20.1. The van der Waals surface area contributed by atoms with Gasteiger partial charge in [0.2, 0.25) is 5.88 Å². The first-order chi connectivity index (χ1) is 13.4. The molecule has 0 aliphatic heterocycles. The molecule has 0 aliphatic carbocycles. The summed E-state index contributed by atoms with van der Waals surface area (Å²) in [7, 11) is 3.42. The zero-order valence-corrected chi connectivity index (χ0v) is 17.3. The van der Waals surface area contributed by atoms with Crippen molar-refractivity contribution in [1.82, 2.24) is 9.78 Å². The molecule has 0 saturated carbocycles. The van der Waals surface area contributed by atoms with Crippen LogP contribution in [0.1, 0.15) is 16.8 Å². The van der Waals surface area contributed by atoms with Crippen LogP contribution in [0, 0.1) is 6.92 Å². The van der Waals surface area contributed by atoms with E-state index >= 15 is 0 Å². The first-order valence-electron chi connectivity index (χ1n) is 8.51. The standard InChI is InChI=1S/C21H20Cl2N2O3/c1-5-16-13(2)24-25(3)21(16)28-20-11-19(17(22)10-18(20)23)27-12-14-6-8-15(26-4)9-7-14/h5-11H,1,12H2,2-4H3. The van der Waals surface area contributed by atoms with Crippen LogP contribution in [0.5, 0.6) is 23.1 Å². The monoisotopic (exact) mass is 418 g/mol. The lowest BCUT2D eigenvalue weighted by Gasteiger charge is -2.13. The minimum Gasteiger partial charge on any atom is -0.497 e. The van der Waals surface area contributed by atoms with E-state index in [1.807, 2.05) is 31.2 Å². The number of hydrogen-bond acceptors (Lipinski definition) is 4. The SMILES string of the molecule is C=Cc1c(C)nn(C)c1Oc1cc(OCc2ccc(OC)cc2)c(Cl)cc1Cl. The number of halogens is 2. The Labute approximate surface area is 174 Å². The highest BCUT2D eigenvalue weighted by molar-refractivity contribution is 6.36. The highest BCUT2D eigenvalue weighted by Crippen LogP contribution is 2.39. The number of nitrogens with zero attached hydrogens (tertiary/aromatic N) is 2. The van der Waals surface area contributed by atoms with E-state index in [-0.39, 0.29) is 0 Å². The summed E-state index contributed by atoms with van der Waals surface area (Å²) in [6, 6.07) is 10.9. The number of methoxy groups -OCH3 is 1. The molecule has 0 radical (unpaired) electrons. The third-order valence-electron chi connectivity index (χ3n) is 4.16. The molecule has 2 aromatic carbocycles. The summed E-state index contributed by atoms with van der Waals surface area (Å²) in [5, 5.41) is 5.12. The number of ether oxygens (including phenoxy) is 3. The Kier molecular flexibility index (Phi) is 6.17. The van der Waals surface area contributed by atoms with E-state index < -0.39 is 0 Å². The number of aryl methyl sites for hydroxylation is 2. The Bertz CT molecular complexity index is 998. The predicted molar refractivity (Wildman–Crippen MR) is 112 cm³/mol. The van der Waals surface area contributed by atoms with Crippen molar-refractivity contribution >= 4 is 29.3 Å². The average molecular weight is 419 g/mol. The van der Waals surface area contributed by atoms with Crippen LogP contribution < -0.4 is 14.2 Å². The Morgan fingerprint density at radius 2 is 1.79 bits per heavy atom. The van der Waals surface area contributed by atoms with Crippen molar-refractivity contribution in [1.29, 1.82) is 0 Å². The Hall–Kier alpha value is -2.63. The summed E-state index contributed by atoms with van der Waals surface area (Å²) >= 11 is 12.6. The second-order valence-electron chi connectivity index (χ2n) is 6.08. The summed E-state index contributed by atoms with van der Waals surface area (Å²) < 4.78 is 18.7. The Balaban J connectivity index is 1.83. The normalized spacial score (nSPS) is 10.6. The van der Waals surface area contributed by atoms with Gasteiger partial charge in [-0.15, -0.1) is 0 Å². The maximum atomic E-state index is 6.32. The van der Waals surface area contributed by atoms with Crippen LogP contribution in [-0.4, -0.2) is 16.9 Å². The number of rotatable bonds is 7. The highest BCUT2D eigenvalue weighted by atomic mass is 35.5. The summed E-state index contributed by atoms with van der Waals surface area (Å²) in [4.78, 5) is 0. The topological polar surface area (TPSA) is 45.5 Å². The van der Waals surface area contributed by atoms with Gasteiger partial charge in [0.25, 0.3) is 0 Å². The lowest BCUT2D eigenvalue weighted by molar-refractivity contribution is 0.304. The van der Waals surface area contributed by atoms with Gasteiger partial charge in [0, 0.05) is 13.1 Å². The molecule has 1 aromatic heterocycles. The fraction of sp³-hybridized carbons (Fsp3) is 0.190. The lowest BCUT2D eigenvalue weighted by Crippen LogP contribution is -1.99. The van der Waals surface area contributed by atoms with Gasteiger partial charge in [-0.25, -0.2) is 4.68 Å². The van der Waals surface area contributed by atoms with Gasteiger partial charge in [-0.05, 0) is 30.7 Å². The van der Waals surface area contributed by atoms with Crippen LogP contribution in [-0.2, 0) is 13.7 Å². The van der Waals surface area contributed by atoms with Gasteiger partial charge in [0.15, 0.2) is 5.75 Å². The van der Waals surface area contributed by atoms with E-state index in [0.29, 0.717) is 34.0 Å². The average Bonchev–Trinajstić information content (AvgIpc) is 2.95. The van der Waals surface area contributed by atoms with E-state index in [9.17, 15) is 0 Å². The van der Waals surface area contributed by atoms with Crippen LogP contribution >= 0.6 is 23.2 Å². The minimum atomic E-state index is 0.341. The van der Waals surface area contributed by atoms with E-state index in [2.05, 4.69) is 11.7 Å². The highest BCUT2D eigenvalue weighted by Gasteiger charge is 2.16. The summed E-state index contributed by atoms with van der Waals surface area (Å²) in [5.41, 5.74) is 2.59. The van der Waals surface area contributed by atoms with Gasteiger partial charge in [0.05, 0.1) is 28.4 Å². The molecule has 0 unspecified atom stereocenters. The predicted octanol–water partition coefficient (Wildman–Crippen LogP) is 6.06. The molecule has 5 nitrogen and oxygen atoms in total. The molecule has 7 heteroatoms. The van der Waals surface area contributed by atoms with Crippen LogP contribution in [0.3, 0.4) is 0 Å². The van der Waals surface area contributed by atoms with Crippen LogP contribution in [0.15, 0.2) is 43.0 Å². The van der Waals surface area contributed by atoms with E-state index in [4.69, 9.17) is 37.4 Å². The summed E-state index contributed by atoms with van der Waals surface area (Å²) in [6.45, 7) is 6.04. The molecule has 3 aromatic rings. The van der Waals surface area contributed by atoms with E-state index in [1.54, 1.807) is 37.0 Å². The van der Waals surface area contributed by atoms with Crippen molar-refractivity contribution in [2.75, 3.05) is 7.11 Å². The van der Waals surface area contributed by atoms with E-state index in [0.717, 1.165) is 22.6 Å². The van der Waals surface area contributed by atoms with Crippen molar-refractivity contribution < 1.29 is 14.2 Å². The minimum absolute atomic E-state index is 0.341. The van der Waals surface area contributed by atoms with Crippen LogP contribution in [0.2, 0.25) is 10.0 Å². The smallest absolute Gasteiger partial charge is 0.225 e. The quantitative estimate of drug-likeness (QED) is 0.467. The molecule has 146 valence electrons. The molecule has 0 amide bonds. The zero-order valence-electron chi connectivity index (χ0n) is 15.8. The van der Waals surface area contributed by atoms with Gasteiger partial charge in [-0.1, -0.05) is 48.0 Å². The van der Waals surface area contributed by atoms with Crippen molar-refractivity contribution in [3.63, 3.8) is 0 Å². The van der Waals surface area contributed by atoms with Gasteiger partial charge in [-0.3, -0.25) is 0 Å². The fourth-order valence-corrected chi connectivity index (χ4v) is 3.17.